The van der Waals surface area contributed by atoms with Gasteiger partial charge >= 0.3 is 0 Å². The smallest absolute Gasteiger partial charge is 0.272 e. The van der Waals surface area contributed by atoms with Gasteiger partial charge in [-0.2, -0.15) is 0 Å². The predicted molar refractivity (Wildman–Crippen MR) is 107 cm³/mol. The molecule has 4 rings (SSSR count). The van der Waals surface area contributed by atoms with Gasteiger partial charge in [-0.1, -0.05) is 42.1 Å². The minimum Gasteiger partial charge on any atom is -0.337 e. The number of hydrogen-bond donors (Lipinski definition) is 0. The maximum atomic E-state index is 13.3. The summed E-state index contributed by atoms with van der Waals surface area (Å²) in [5, 5.41) is 0.801. The van der Waals surface area contributed by atoms with E-state index < -0.39 is 5.91 Å². The standard InChI is InChI=1S/C19H15N3O2S2/c1-20-13-10-6-7-11-14(13)26-18(20)15-16(23)21(2)19(25)22(17(15)24)12-8-4-3-5-9-12/h3-11H,1-2H3/b18-15-. The van der Waals surface area contributed by atoms with Gasteiger partial charge in [-0.15, -0.1) is 0 Å². The van der Waals surface area contributed by atoms with Gasteiger partial charge in [0.15, 0.2) is 5.11 Å². The maximum Gasteiger partial charge on any atom is 0.272 e. The molecule has 0 aromatic heterocycles. The van der Waals surface area contributed by atoms with Crippen LogP contribution in [0.4, 0.5) is 11.4 Å². The van der Waals surface area contributed by atoms with Crippen molar-refractivity contribution in [2.24, 2.45) is 0 Å². The van der Waals surface area contributed by atoms with E-state index >= 15 is 0 Å². The number of rotatable bonds is 1. The second-order valence-electron chi connectivity index (χ2n) is 5.93. The van der Waals surface area contributed by atoms with Crippen molar-refractivity contribution in [3.63, 3.8) is 0 Å². The Labute approximate surface area is 160 Å². The fourth-order valence-corrected chi connectivity index (χ4v) is 4.45. The highest BCUT2D eigenvalue weighted by atomic mass is 32.2. The molecule has 2 aromatic carbocycles. The van der Waals surface area contributed by atoms with Gasteiger partial charge in [0.1, 0.15) is 5.57 Å². The number of amides is 2. The molecule has 2 aromatic rings. The second kappa shape index (κ2) is 6.26. The number of hydrogen-bond acceptors (Lipinski definition) is 5. The maximum absolute atomic E-state index is 13.3. The van der Waals surface area contributed by atoms with Crippen molar-refractivity contribution in [3.8, 4) is 0 Å². The second-order valence-corrected chi connectivity index (χ2v) is 7.33. The highest BCUT2D eigenvalue weighted by molar-refractivity contribution is 8.03. The number of fused-ring (bicyclic) bond motifs is 1. The lowest BCUT2D eigenvalue weighted by Crippen LogP contribution is -2.55. The Hall–Kier alpha value is -2.64. The van der Waals surface area contributed by atoms with Crippen molar-refractivity contribution in [1.82, 2.24) is 4.90 Å². The summed E-state index contributed by atoms with van der Waals surface area (Å²) in [7, 11) is 3.46. The summed E-state index contributed by atoms with van der Waals surface area (Å²) in [6.45, 7) is 0. The van der Waals surface area contributed by atoms with Crippen LogP contribution in [0.15, 0.2) is 70.1 Å². The molecule has 0 aliphatic carbocycles. The summed E-state index contributed by atoms with van der Waals surface area (Å²) >= 11 is 6.81. The minimum atomic E-state index is -0.397. The molecule has 2 amide bonds. The summed E-state index contributed by atoms with van der Waals surface area (Å²) in [6, 6.07) is 17.0. The van der Waals surface area contributed by atoms with E-state index in [2.05, 4.69) is 0 Å². The summed E-state index contributed by atoms with van der Waals surface area (Å²) in [4.78, 5) is 31.8. The molecule has 1 saturated heterocycles. The first-order chi connectivity index (χ1) is 12.5. The molecule has 26 heavy (non-hydrogen) atoms. The van der Waals surface area contributed by atoms with E-state index in [0.717, 1.165) is 10.6 Å². The van der Waals surface area contributed by atoms with E-state index in [1.165, 1.54) is 21.6 Å². The number of nitrogens with zero attached hydrogens (tertiary/aromatic N) is 3. The van der Waals surface area contributed by atoms with Gasteiger partial charge < -0.3 is 4.90 Å². The zero-order valence-corrected chi connectivity index (χ0v) is 15.8. The summed E-state index contributed by atoms with van der Waals surface area (Å²) in [5.74, 6) is -0.777. The lowest BCUT2D eigenvalue weighted by molar-refractivity contribution is -0.127. The summed E-state index contributed by atoms with van der Waals surface area (Å²) in [5.41, 5.74) is 1.75. The lowest BCUT2D eigenvalue weighted by atomic mass is 10.1. The van der Waals surface area contributed by atoms with Crippen LogP contribution in [0, 0.1) is 0 Å². The van der Waals surface area contributed by atoms with E-state index in [0.29, 0.717) is 10.7 Å². The third kappa shape index (κ3) is 2.43. The Kier molecular flexibility index (Phi) is 4.05. The van der Waals surface area contributed by atoms with Crippen molar-refractivity contribution < 1.29 is 9.59 Å². The average molecular weight is 381 g/mol. The van der Waals surface area contributed by atoms with Gasteiger partial charge in [0.05, 0.1) is 16.4 Å². The van der Waals surface area contributed by atoms with Crippen LogP contribution in [0.5, 0.6) is 0 Å². The van der Waals surface area contributed by atoms with Crippen LogP contribution in [0.25, 0.3) is 0 Å². The van der Waals surface area contributed by atoms with E-state index in [4.69, 9.17) is 12.2 Å². The molecular weight excluding hydrogens is 366 g/mol. The Morgan fingerprint density at radius 3 is 2.19 bits per heavy atom. The van der Waals surface area contributed by atoms with Crippen molar-refractivity contribution in [1.29, 1.82) is 0 Å². The zero-order valence-electron chi connectivity index (χ0n) is 14.2. The van der Waals surface area contributed by atoms with Gasteiger partial charge in [-0.25, -0.2) is 0 Å². The minimum absolute atomic E-state index is 0.133. The molecule has 0 bridgehead atoms. The molecule has 0 unspecified atom stereocenters. The van der Waals surface area contributed by atoms with Crippen molar-refractivity contribution in [3.05, 3.63) is 65.2 Å². The molecule has 0 N–H and O–H groups in total. The van der Waals surface area contributed by atoms with Crippen LogP contribution in [-0.4, -0.2) is 35.9 Å². The third-order valence-corrected chi connectivity index (χ3v) is 6.07. The number of carbonyl (C=O) groups excluding carboxylic acids is 2. The molecule has 1 fully saturated rings. The van der Waals surface area contributed by atoms with Gasteiger partial charge in [0.2, 0.25) is 0 Å². The normalized spacial score (nSPS) is 20.1. The molecule has 0 spiro atoms. The number of anilines is 2. The van der Waals surface area contributed by atoms with Gasteiger partial charge in [0.25, 0.3) is 11.8 Å². The number of carbonyl (C=O) groups is 2. The summed E-state index contributed by atoms with van der Waals surface area (Å²) < 4.78 is 0. The van der Waals surface area contributed by atoms with Gasteiger partial charge in [-0.3, -0.25) is 19.4 Å². The molecule has 0 atom stereocenters. The number of thiocarbonyl (C=S) groups is 1. The van der Waals surface area contributed by atoms with Crippen LogP contribution in [0.3, 0.4) is 0 Å². The van der Waals surface area contributed by atoms with Gasteiger partial charge in [0, 0.05) is 19.0 Å². The highest BCUT2D eigenvalue weighted by Crippen LogP contribution is 2.47. The van der Waals surface area contributed by atoms with Crippen LogP contribution >= 0.6 is 24.0 Å². The average Bonchev–Trinajstić information content (AvgIpc) is 2.98. The fraction of sp³-hybridized carbons (Fsp3) is 0.105. The van der Waals surface area contributed by atoms with Crippen molar-refractivity contribution >= 4 is 52.3 Å². The van der Waals surface area contributed by atoms with Gasteiger partial charge in [-0.05, 0) is 36.5 Å². The molecule has 0 saturated carbocycles. The largest absolute Gasteiger partial charge is 0.337 e. The number of para-hydroxylation sites is 2. The Bertz CT molecular complexity index is 972. The number of likely N-dealkylation sites (N-methyl/N-ethyl adjacent to an activating group) is 1. The summed E-state index contributed by atoms with van der Waals surface area (Å²) in [6.07, 6.45) is 0. The number of thioether (sulfide) groups is 1. The molecule has 2 heterocycles. The zero-order chi connectivity index (χ0) is 18.4. The molecule has 2 aliphatic heterocycles. The molecule has 7 heteroatoms. The Balaban J connectivity index is 1.85. The quantitative estimate of drug-likeness (QED) is 0.431. The highest BCUT2D eigenvalue weighted by Gasteiger charge is 2.42. The van der Waals surface area contributed by atoms with Crippen molar-refractivity contribution in [2.75, 3.05) is 23.9 Å². The molecule has 0 radical (unpaired) electrons. The Morgan fingerprint density at radius 2 is 1.50 bits per heavy atom. The van der Waals surface area contributed by atoms with Crippen LogP contribution in [0.2, 0.25) is 0 Å². The van der Waals surface area contributed by atoms with E-state index in [1.807, 2.05) is 54.4 Å². The molecule has 5 nitrogen and oxygen atoms in total. The number of benzene rings is 2. The van der Waals surface area contributed by atoms with E-state index in [1.54, 1.807) is 19.2 Å². The van der Waals surface area contributed by atoms with Crippen LogP contribution in [-0.2, 0) is 9.59 Å². The first-order valence-electron chi connectivity index (χ1n) is 7.97. The predicted octanol–water partition coefficient (Wildman–Crippen LogP) is 3.23. The monoisotopic (exact) mass is 381 g/mol. The van der Waals surface area contributed by atoms with Crippen LogP contribution < -0.4 is 9.80 Å². The molecule has 130 valence electrons. The van der Waals surface area contributed by atoms with Crippen LogP contribution in [0.1, 0.15) is 0 Å². The van der Waals surface area contributed by atoms with E-state index in [9.17, 15) is 9.59 Å². The first kappa shape index (κ1) is 16.8. The first-order valence-corrected chi connectivity index (χ1v) is 9.19. The topological polar surface area (TPSA) is 43.9 Å². The van der Waals surface area contributed by atoms with E-state index in [-0.39, 0.29) is 16.6 Å². The molecule has 2 aliphatic rings. The lowest BCUT2D eigenvalue weighted by Gasteiger charge is -2.35. The Morgan fingerprint density at radius 1 is 0.846 bits per heavy atom. The SMILES string of the molecule is CN1C(=O)/C(=C2/Sc3ccccc3N2C)C(=O)N(c2ccccc2)C1=S. The van der Waals surface area contributed by atoms with Crippen molar-refractivity contribution in [2.45, 2.75) is 4.90 Å². The third-order valence-electron chi connectivity index (χ3n) is 4.38. The molecular formula is C19H15N3O2S2. The fourth-order valence-electron chi connectivity index (χ4n) is 3.00.